The topological polar surface area (TPSA) is 52.6 Å². The summed E-state index contributed by atoms with van der Waals surface area (Å²) in [5.74, 6) is 3.61. The molecule has 0 aromatic rings. The van der Waals surface area contributed by atoms with Crippen LogP contribution in [-0.2, 0) is 19.1 Å². The largest absolute Gasteiger partial charge is 0.462 e. The first-order valence-corrected chi connectivity index (χ1v) is 14.7. The number of rotatable bonds is 5. The zero-order chi connectivity index (χ0) is 25.3. The first kappa shape index (κ1) is 25.6. The van der Waals surface area contributed by atoms with Crippen LogP contribution >= 0.6 is 0 Å². The van der Waals surface area contributed by atoms with E-state index in [4.69, 9.17) is 9.47 Å². The van der Waals surface area contributed by atoms with Gasteiger partial charge in [0.15, 0.2) is 0 Å². The Hall–Kier alpha value is -1.06. The summed E-state index contributed by atoms with van der Waals surface area (Å²) in [4.78, 5) is 26.9. The molecule has 5 aliphatic rings. The van der Waals surface area contributed by atoms with Gasteiger partial charge in [-0.25, -0.2) is 0 Å². The van der Waals surface area contributed by atoms with E-state index in [1.54, 1.807) is 0 Å². The quantitative estimate of drug-likeness (QED) is 0.305. The van der Waals surface area contributed by atoms with Crippen LogP contribution in [0.3, 0.4) is 0 Å². The Balaban J connectivity index is 1.25. The van der Waals surface area contributed by atoms with Gasteiger partial charge in [0.25, 0.3) is 0 Å². The van der Waals surface area contributed by atoms with Crippen LogP contribution in [0.1, 0.15) is 113 Å². The Labute approximate surface area is 213 Å². The van der Waals surface area contributed by atoms with Crippen molar-refractivity contribution in [2.24, 2.45) is 58.2 Å². The highest BCUT2D eigenvalue weighted by molar-refractivity contribution is 5.74. The average Bonchev–Trinajstić information content (AvgIpc) is 3.49. The number of hydrogen-bond donors (Lipinski definition) is 0. The summed E-state index contributed by atoms with van der Waals surface area (Å²) in [6.07, 6.45) is 11.0. The molecule has 4 nitrogen and oxygen atoms in total. The monoisotopic (exact) mass is 486 g/mol. The number of hydrogen-bond acceptors (Lipinski definition) is 4. The molecule has 0 heterocycles. The molecular weight excluding hydrogens is 436 g/mol. The van der Waals surface area contributed by atoms with Crippen LogP contribution in [0, 0.1) is 58.2 Å². The van der Waals surface area contributed by atoms with Gasteiger partial charge in [-0.15, -0.1) is 0 Å². The van der Waals surface area contributed by atoms with Gasteiger partial charge in [0, 0.05) is 0 Å². The van der Waals surface area contributed by atoms with Crippen molar-refractivity contribution in [2.45, 2.75) is 124 Å². The molecule has 9 unspecified atom stereocenters. The van der Waals surface area contributed by atoms with Gasteiger partial charge in [-0.1, -0.05) is 48.0 Å². The fourth-order valence-corrected chi connectivity index (χ4v) is 9.26. The van der Waals surface area contributed by atoms with E-state index < -0.39 is 0 Å². The molecule has 5 saturated carbocycles. The number of esters is 2. The molecular formula is C31H50O4. The Morgan fingerprint density at radius 1 is 0.857 bits per heavy atom. The normalized spacial score (nSPS) is 40.4. The second-order valence-corrected chi connectivity index (χ2v) is 15.6. The van der Waals surface area contributed by atoms with Gasteiger partial charge in [0.1, 0.15) is 11.7 Å². The molecule has 5 fully saturated rings. The van der Waals surface area contributed by atoms with Gasteiger partial charge < -0.3 is 9.47 Å². The van der Waals surface area contributed by atoms with Gasteiger partial charge in [0.2, 0.25) is 0 Å². The molecule has 5 aliphatic carbocycles. The molecule has 0 aromatic heterocycles. The number of ether oxygens (including phenoxy) is 2. The van der Waals surface area contributed by atoms with Crippen molar-refractivity contribution in [3.63, 3.8) is 0 Å². The molecule has 35 heavy (non-hydrogen) atoms. The Morgan fingerprint density at radius 3 is 2.11 bits per heavy atom. The second kappa shape index (κ2) is 8.76. The summed E-state index contributed by atoms with van der Waals surface area (Å²) in [6.45, 7) is 15.3. The SMILES string of the molecule is CC(C)(C)CC(C(=O)OC1CC2CC1C1C3CC(CC3C(=O)OC3(C)CCCCC3)C21)C(C)(C)C. The van der Waals surface area contributed by atoms with Crippen LogP contribution in [0.2, 0.25) is 0 Å². The molecule has 5 rings (SSSR count). The van der Waals surface area contributed by atoms with Crippen molar-refractivity contribution >= 4 is 11.9 Å². The predicted octanol–water partition coefficient (Wildman–Crippen LogP) is 7.19. The smallest absolute Gasteiger partial charge is 0.309 e. The van der Waals surface area contributed by atoms with Crippen molar-refractivity contribution in [3.05, 3.63) is 0 Å². The molecule has 0 spiro atoms. The summed E-state index contributed by atoms with van der Waals surface area (Å²) < 4.78 is 12.6. The van der Waals surface area contributed by atoms with Crippen LogP contribution in [0.4, 0.5) is 0 Å². The van der Waals surface area contributed by atoms with Crippen molar-refractivity contribution < 1.29 is 19.1 Å². The lowest BCUT2D eigenvalue weighted by atomic mass is 9.66. The van der Waals surface area contributed by atoms with Crippen molar-refractivity contribution in [1.29, 1.82) is 0 Å². The minimum Gasteiger partial charge on any atom is -0.462 e. The maximum Gasteiger partial charge on any atom is 0.309 e. The zero-order valence-corrected chi connectivity index (χ0v) is 23.4. The highest BCUT2D eigenvalue weighted by Crippen LogP contribution is 2.69. The fraction of sp³-hybridized carbons (Fsp3) is 0.935. The van der Waals surface area contributed by atoms with Crippen molar-refractivity contribution in [3.8, 4) is 0 Å². The molecule has 0 aromatic carbocycles. The molecule has 198 valence electrons. The molecule has 0 saturated heterocycles. The first-order chi connectivity index (χ1) is 16.3. The van der Waals surface area contributed by atoms with Crippen LogP contribution in [0.5, 0.6) is 0 Å². The third-order valence-corrected chi connectivity index (χ3v) is 10.7. The maximum absolute atomic E-state index is 13.5. The van der Waals surface area contributed by atoms with E-state index in [1.165, 1.54) is 32.1 Å². The van der Waals surface area contributed by atoms with E-state index in [0.717, 1.165) is 38.0 Å². The Morgan fingerprint density at radius 2 is 1.49 bits per heavy atom. The van der Waals surface area contributed by atoms with Crippen molar-refractivity contribution in [1.82, 2.24) is 0 Å². The molecule has 4 heteroatoms. The number of carbonyl (C=O) groups excluding carboxylic acids is 2. The minimum atomic E-state index is -0.252. The highest BCUT2D eigenvalue weighted by atomic mass is 16.6. The maximum atomic E-state index is 13.5. The third kappa shape index (κ3) is 4.81. The zero-order valence-electron chi connectivity index (χ0n) is 23.4. The lowest BCUT2D eigenvalue weighted by Gasteiger charge is -2.42. The van der Waals surface area contributed by atoms with Gasteiger partial charge >= 0.3 is 11.9 Å². The van der Waals surface area contributed by atoms with Crippen LogP contribution in [0.25, 0.3) is 0 Å². The summed E-state index contributed by atoms with van der Waals surface area (Å²) in [5, 5.41) is 0. The lowest BCUT2D eigenvalue weighted by molar-refractivity contribution is -0.173. The predicted molar refractivity (Wildman–Crippen MR) is 137 cm³/mol. The summed E-state index contributed by atoms with van der Waals surface area (Å²) in [6, 6.07) is 0. The number of carbonyl (C=O) groups is 2. The van der Waals surface area contributed by atoms with E-state index in [-0.39, 0.29) is 46.3 Å². The van der Waals surface area contributed by atoms with E-state index >= 15 is 0 Å². The molecule has 0 aliphatic heterocycles. The summed E-state index contributed by atoms with van der Waals surface area (Å²) >= 11 is 0. The molecule has 9 atom stereocenters. The molecule has 4 bridgehead atoms. The molecule has 0 N–H and O–H groups in total. The Kier molecular flexibility index (Phi) is 6.40. The van der Waals surface area contributed by atoms with E-state index in [0.29, 0.717) is 29.6 Å². The second-order valence-electron chi connectivity index (χ2n) is 15.6. The van der Waals surface area contributed by atoms with Gasteiger partial charge in [-0.3, -0.25) is 9.59 Å². The minimum absolute atomic E-state index is 0.00543. The number of fused-ring (bicyclic) bond motifs is 9. The van der Waals surface area contributed by atoms with Gasteiger partial charge in [0.05, 0.1) is 11.8 Å². The van der Waals surface area contributed by atoms with E-state index in [2.05, 4.69) is 48.5 Å². The molecule has 0 amide bonds. The van der Waals surface area contributed by atoms with Crippen molar-refractivity contribution in [2.75, 3.05) is 0 Å². The Bertz CT molecular complexity index is 826. The fourth-order valence-electron chi connectivity index (χ4n) is 9.26. The third-order valence-electron chi connectivity index (χ3n) is 10.7. The van der Waals surface area contributed by atoms with Crippen LogP contribution in [-0.4, -0.2) is 23.6 Å². The van der Waals surface area contributed by atoms with E-state index in [9.17, 15) is 9.59 Å². The summed E-state index contributed by atoms with van der Waals surface area (Å²) in [5.41, 5.74) is -0.275. The first-order valence-electron chi connectivity index (χ1n) is 14.7. The van der Waals surface area contributed by atoms with Crippen LogP contribution < -0.4 is 0 Å². The lowest BCUT2D eigenvalue weighted by Crippen LogP contribution is -2.44. The van der Waals surface area contributed by atoms with E-state index in [1.807, 2.05) is 0 Å². The van der Waals surface area contributed by atoms with Crippen LogP contribution in [0.15, 0.2) is 0 Å². The molecule has 0 radical (unpaired) electrons. The average molecular weight is 487 g/mol. The summed E-state index contributed by atoms with van der Waals surface area (Å²) in [7, 11) is 0. The standard InChI is InChI=1S/C31H50O4/c1-29(2,3)17-23(30(4,5)6)28(33)34-24-16-19-15-22(24)26-20-13-18(25(19)26)14-21(20)27(32)35-31(7)11-9-8-10-12-31/h18-26H,8-17H2,1-7H3. The van der Waals surface area contributed by atoms with Gasteiger partial charge in [-0.2, -0.15) is 0 Å². The van der Waals surface area contributed by atoms with Gasteiger partial charge in [-0.05, 0) is 111 Å². The highest BCUT2D eigenvalue weighted by Gasteiger charge is 2.67.